The van der Waals surface area contributed by atoms with Gasteiger partial charge in [0.2, 0.25) is 0 Å². The summed E-state index contributed by atoms with van der Waals surface area (Å²) >= 11 is 5.98. The molecule has 0 unspecified atom stereocenters. The highest BCUT2D eigenvalue weighted by Gasteiger charge is 2.03. The van der Waals surface area contributed by atoms with Crippen molar-refractivity contribution in [1.82, 2.24) is 16.0 Å². The zero-order valence-corrected chi connectivity index (χ0v) is 15.0. The summed E-state index contributed by atoms with van der Waals surface area (Å²) in [4.78, 5) is 16.1. The van der Waals surface area contributed by atoms with E-state index in [-0.39, 0.29) is 5.91 Å². The molecule has 0 radical (unpaired) electrons. The van der Waals surface area contributed by atoms with E-state index >= 15 is 0 Å². The molecular formula is C19H23ClN4O. The largest absolute Gasteiger partial charge is 0.356 e. The number of benzene rings is 2. The fourth-order valence-corrected chi connectivity index (χ4v) is 2.50. The number of nitrogens with zero attached hydrogens (tertiary/aromatic N) is 1. The molecule has 2 rings (SSSR count). The van der Waals surface area contributed by atoms with Gasteiger partial charge in [-0.25, -0.2) is 0 Å². The monoisotopic (exact) mass is 358 g/mol. The van der Waals surface area contributed by atoms with Gasteiger partial charge in [-0.2, -0.15) is 0 Å². The number of nitrogens with one attached hydrogen (secondary N) is 3. The van der Waals surface area contributed by atoms with Crippen LogP contribution in [0.3, 0.4) is 0 Å². The third-order valence-electron chi connectivity index (χ3n) is 3.56. The van der Waals surface area contributed by atoms with Crippen LogP contribution in [0.5, 0.6) is 0 Å². The third kappa shape index (κ3) is 6.85. The number of guanidine groups is 1. The van der Waals surface area contributed by atoms with Crippen LogP contribution in [0.4, 0.5) is 0 Å². The summed E-state index contributed by atoms with van der Waals surface area (Å²) < 4.78 is 0. The van der Waals surface area contributed by atoms with E-state index in [9.17, 15) is 4.79 Å². The number of amides is 1. The summed E-state index contributed by atoms with van der Waals surface area (Å²) in [5.41, 5.74) is 1.83. The molecule has 5 nitrogen and oxygen atoms in total. The molecule has 0 atom stereocenters. The first-order valence-electron chi connectivity index (χ1n) is 8.21. The minimum absolute atomic E-state index is 0.0775. The zero-order chi connectivity index (χ0) is 17.9. The molecule has 0 aliphatic heterocycles. The zero-order valence-electron chi connectivity index (χ0n) is 14.3. The number of aliphatic imine (C=N–C) groups is 1. The molecule has 25 heavy (non-hydrogen) atoms. The lowest BCUT2D eigenvalue weighted by Crippen LogP contribution is -2.42. The van der Waals surface area contributed by atoms with Crippen molar-refractivity contribution >= 4 is 23.5 Å². The SMILES string of the molecule is CN=C(NCCNC(=O)c1ccccc1)NCCc1cccc(Cl)c1. The molecule has 0 spiro atoms. The Morgan fingerprint density at radius 2 is 1.68 bits per heavy atom. The van der Waals surface area contributed by atoms with E-state index in [1.165, 1.54) is 5.56 Å². The van der Waals surface area contributed by atoms with Crippen molar-refractivity contribution < 1.29 is 4.79 Å². The van der Waals surface area contributed by atoms with Crippen molar-refractivity contribution in [3.63, 3.8) is 0 Å². The van der Waals surface area contributed by atoms with Crippen LogP contribution in [-0.2, 0) is 6.42 Å². The van der Waals surface area contributed by atoms with Gasteiger partial charge in [0.15, 0.2) is 5.96 Å². The number of carbonyl (C=O) groups excluding carboxylic acids is 1. The first kappa shape index (κ1) is 18.8. The lowest BCUT2D eigenvalue weighted by molar-refractivity contribution is 0.0954. The average Bonchev–Trinajstić information content (AvgIpc) is 2.64. The molecule has 0 aromatic heterocycles. The maximum absolute atomic E-state index is 11.9. The number of rotatable bonds is 7. The first-order valence-corrected chi connectivity index (χ1v) is 8.59. The smallest absolute Gasteiger partial charge is 0.251 e. The predicted molar refractivity (Wildman–Crippen MR) is 103 cm³/mol. The molecule has 0 bridgehead atoms. The van der Waals surface area contributed by atoms with E-state index in [2.05, 4.69) is 20.9 Å². The second-order valence-electron chi connectivity index (χ2n) is 5.43. The third-order valence-corrected chi connectivity index (χ3v) is 3.79. The van der Waals surface area contributed by atoms with Gasteiger partial charge in [0.25, 0.3) is 5.91 Å². The van der Waals surface area contributed by atoms with Crippen LogP contribution in [0.15, 0.2) is 59.6 Å². The van der Waals surface area contributed by atoms with Crippen molar-refractivity contribution in [2.24, 2.45) is 4.99 Å². The fourth-order valence-electron chi connectivity index (χ4n) is 2.29. The molecule has 0 heterocycles. The topological polar surface area (TPSA) is 65.5 Å². The van der Waals surface area contributed by atoms with E-state index in [1.54, 1.807) is 19.2 Å². The Morgan fingerprint density at radius 1 is 0.960 bits per heavy atom. The highest BCUT2D eigenvalue weighted by molar-refractivity contribution is 6.30. The molecule has 0 fully saturated rings. The van der Waals surface area contributed by atoms with Crippen molar-refractivity contribution in [1.29, 1.82) is 0 Å². The van der Waals surface area contributed by atoms with Crippen molar-refractivity contribution in [2.45, 2.75) is 6.42 Å². The summed E-state index contributed by atoms with van der Waals surface area (Å²) in [6.07, 6.45) is 0.853. The Balaban J connectivity index is 1.64. The molecule has 0 saturated heterocycles. The van der Waals surface area contributed by atoms with E-state index in [0.717, 1.165) is 18.0 Å². The van der Waals surface area contributed by atoms with Crippen LogP contribution in [0.1, 0.15) is 15.9 Å². The molecule has 1 amide bonds. The number of hydrogen-bond acceptors (Lipinski definition) is 2. The molecular weight excluding hydrogens is 336 g/mol. The number of carbonyl (C=O) groups is 1. The van der Waals surface area contributed by atoms with E-state index in [4.69, 9.17) is 11.6 Å². The summed E-state index contributed by atoms with van der Waals surface area (Å²) in [7, 11) is 1.72. The van der Waals surface area contributed by atoms with Gasteiger partial charge < -0.3 is 16.0 Å². The molecule has 0 aliphatic rings. The standard InChI is InChI=1S/C19H23ClN4O/c1-21-19(23-11-10-15-6-5-9-17(20)14-15)24-13-12-22-18(25)16-7-3-2-4-8-16/h2-9,14H,10-13H2,1H3,(H,22,25)(H2,21,23,24). The fraction of sp³-hybridized carbons (Fsp3) is 0.263. The average molecular weight is 359 g/mol. The Morgan fingerprint density at radius 3 is 2.40 bits per heavy atom. The Labute approximate surface area is 153 Å². The highest BCUT2D eigenvalue weighted by Crippen LogP contribution is 2.10. The van der Waals surface area contributed by atoms with Crippen LogP contribution in [0.2, 0.25) is 5.02 Å². The summed E-state index contributed by atoms with van der Waals surface area (Å²) in [6, 6.07) is 17.0. The van der Waals surface area contributed by atoms with E-state index in [1.807, 2.05) is 42.5 Å². The first-order chi connectivity index (χ1) is 12.2. The van der Waals surface area contributed by atoms with Crippen molar-refractivity contribution in [3.8, 4) is 0 Å². The Kier molecular flexibility index (Phi) is 7.79. The van der Waals surface area contributed by atoms with E-state index < -0.39 is 0 Å². The summed E-state index contributed by atoms with van der Waals surface area (Å²) in [6.45, 7) is 1.86. The molecule has 132 valence electrons. The lowest BCUT2D eigenvalue weighted by atomic mass is 10.1. The minimum Gasteiger partial charge on any atom is -0.356 e. The summed E-state index contributed by atoms with van der Waals surface area (Å²) in [5.74, 6) is 0.627. The number of hydrogen-bond donors (Lipinski definition) is 3. The van der Waals surface area contributed by atoms with E-state index in [0.29, 0.717) is 24.6 Å². The summed E-state index contributed by atoms with van der Waals surface area (Å²) in [5, 5.41) is 10.0. The highest BCUT2D eigenvalue weighted by atomic mass is 35.5. The van der Waals surface area contributed by atoms with Crippen molar-refractivity contribution in [2.75, 3.05) is 26.7 Å². The minimum atomic E-state index is -0.0775. The van der Waals surface area contributed by atoms with Gasteiger partial charge in [0, 0.05) is 37.3 Å². The Bertz CT molecular complexity index is 704. The van der Waals surface area contributed by atoms with Gasteiger partial charge in [-0.15, -0.1) is 0 Å². The van der Waals surface area contributed by atoms with Gasteiger partial charge in [0.05, 0.1) is 0 Å². The van der Waals surface area contributed by atoms with Gasteiger partial charge >= 0.3 is 0 Å². The van der Waals surface area contributed by atoms with Gasteiger partial charge in [-0.05, 0) is 36.2 Å². The molecule has 2 aromatic carbocycles. The second kappa shape index (κ2) is 10.4. The van der Waals surface area contributed by atoms with Crippen LogP contribution >= 0.6 is 11.6 Å². The van der Waals surface area contributed by atoms with Gasteiger partial charge in [-0.1, -0.05) is 41.9 Å². The number of halogens is 1. The maximum Gasteiger partial charge on any atom is 0.251 e. The molecule has 0 saturated carbocycles. The second-order valence-corrected chi connectivity index (χ2v) is 5.86. The molecule has 6 heteroatoms. The molecule has 0 aliphatic carbocycles. The van der Waals surface area contributed by atoms with Gasteiger partial charge in [0.1, 0.15) is 0 Å². The van der Waals surface area contributed by atoms with Gasteiger partial charge in [-0.3, -0.25) is 9.79 Å². The van der Waals surface area contributed by atoms with Crippen LogP contribution < -0.4 is 16.0 Å². The molecule has 3 N–H and O–H groups in total. The normalized spacial score (nSPS) is 11.0. The lowest BCUT2D eigenvalue weighted by Gasteiger charge is -2.12. The predicted octanol–water partition coefficient (Wildman–Crippen LogP) is 2.48. The van der Waals surface area contributed by atoms with Crippen LogP contribution in [0.25, 0.3) is 0 Å². The van der Waals surface area contributed by atoms with Crippen LogP contribution in [-0.4, -0.2) is 38.5 Å². The Hall–Kier alpha value is -2.53. The quantitative estimate of drug-likeness (QED) is 0.405. The van der Waals surface area contributed by atoms with Crippen molar-refractivity contribution in [3.05, 3.63) is 70.7 Å². The molecule has 2 aromatic rings. The van der Waals surface area contributed by atoms with Crippen LogP contribution in [0, 0.1) is 0 Å². The maximum atomic E-state index is 11.9.